The van der Waals surface area contributed by atoms with Crippen LogP contribution in [0.2, 0.25) is 0 Å². The number of rotatable bonds is 3. The Kier molecular flexibility index (Phi) is 6.03. The van der Waals surface area contributed by atoms with Crippen LogP contribution in [0.4, 0.5) is 0 Å². The van der Waals surface area contributed by atoms with Crippen molar-refractivity contribution in [2.45, 2.75) is 18.2 Å². The van der Waals surface area contributed by atoms with Crippen molar-refractivity contribution < 1.29 is 13.2 Å². The topological polar surface area (TPSA) is 71.5 Å². The first-order valence-electron chi connectivity index (χ1n) is 7.69. The van der Waals surface area contributed by atoms with Crippen LogP contribution in [0.1, 0.15) is 12.1 Å². The van der Waals surface area contributed by atoms with Crippen LogP contribution in [-0.2, 0) is 10.0 Å². The molecular formula is C16H22ClN3O3S. The third kappa shape index (κ3) is 3.35. The summed E-state index contributed by atoms with van der Waals surface area (Å²) in [5.41, 5.74) is 0.758. The van der Waals surface area contributed by atoms with E-state index >= 15 is 0 Å². The highest BCUT2D eigenvalue weighted by Crippen LogP contribution is 2.33. The van der Waals surface area contributed by atoms with E-state index in [0.29, 0.717) is 35.7 Å². The SMILES string of the molecule is COc1ccc(S(=O)(=O)N2CCCNCC2)c2ccnc(C)c12.Cl. The van der Waals surface area contributed by atoms with Gasteiger partial charge in [-0.2, -0.15) is 4.31 Å². The monoisotopic (exact) mass is 371 g/mol. The fraction of sp³-hybridized carbons (Fsp3) is 0.438. The molecule has 132 valence electrons. The molecule has 0 radical (unpaired) electrons. The van der Waals surface area contributed by atoms with Crippen LogP contribution in [0.3, 0.4) is 0 Å². The van der Waals surface area contributed by atoms with Crippen LogP contribution in [0.5, 0.6) is 5.75 Å². The number of methoxy groups -OCH3 is 1. The van der Waals surface area contributed by atoms with Gasteiger partial charge in [0.05, 0.1) is 12.0 Å². The van der Waals surface area contributed by atoms with Crippen molar-refractivity contribution in [3.05, 3.63) is 30.1 Å². The smallest absolute Gasteiger partial charge is 0.243 e. The molecular weight excluding hydrogens is 350 g/mol. The van der Waals surface area contributed by atoms with Crippen LogP contribution in [0.25, 0.3) is 10.8 Å². The average molecular weight is 372 g/mol. The summed E-state index contributed by atoms with van der Waals surface area (Å²) in [5, 5.41) is 4.64. The summed E-state index contributed by atoms with van der Waals surface area (Å²) in [6.45, 7) is 4.40. The molecule has 0 aliphatic carbocycles. The lowest BCUT2D eigenvalue weighted by molar-refractivity contribution is 0.418. The van der Waals surface area contributed by atoms with Crippen LogP contribution >= 0.6 is 12.4 Å². The summed E-state index contributed by atoms with van der Waals surface area (Å²) < 4.78 is 33.1. The van der Waals surface area contributed by atoms with E-state index in [0.717, 1.165) is 24.0 Å². The van der Waals surface area contributed by atoms with Crippen molar-refractivity contribution in [2.75, 3.05) is 33.3 Å². The lowest BCUT2D eigenvalue weighted by Gasteiger charge is -2.21. The molecule has 1 aliphatic heterocycles. The minimum atomic E-state index is -3.54. The average Bonchev–Trinajstić information content (AvgIpc) is 2.83. The second-order valence-corrected chi connectivity index (χ2v) is 7.50. The van der Waals surface area contributed by atoms with Gasteiger partial charge in [-0.05, 0) is 38.1 Å². The van der Waals surface area contributed by atoms with E-state index in [1.807, 2.05) is 6.92 Å². The molecule has 0 atom stereocenters. The molecule has 6 nitrogen and oxygen atoms in total. The van der Waals surface area contributed by atoms with E-state index in [9.17, 15) is 8.42 Å². The number of nitrogens with zero attached hydrogens (tertiary/aromatic N) is 2. The molecule has 2 heterocycles. The summed E-state index contributed by atoms with van der Waals surface area (Å²) in [7, 11) is -1.96. The van der Waals surface area contributed by atoms with Crippen LogP contribution in [0.15, 0.2) is 29.3 Å². The number of hydrogen-bond acceptors (Lipinski definition) is 5. The standard InChI is InChI=1S/C16H21N3O3S.ClH/c1-12-16-13(6-8-18-12)15(5-4-14(16)22-2)23(20,21)19-10-3-7-17-9-11-19;/h4-6,8,17H,3,7,9-11H2,1-2H3;1H. The quantitative estimate of drug-likeness (QED) is 0.893. The van der Waals surface area contributed by atoms with Crippen LogP contribution in [-0.4, -0.2) is 51.0 Å². The lowest BCUT2D eigenvalue weighted by atomic mass is 10.1. The number of ether oxygens (including phenoxy) is 1. The molecule has 2 aromatic rings. The molecule has 0 bridgehead atoms. The molecule has 3 rings (SSSR count). The molecule has 1 aromatic carbocycles. The Morgan fingerprint density at radius 3 is 2.75 bits per heavy atom. The number of nitrogens with one attached hydrogen (secondary N) is 1. The minimum Gasteiger partial charge on any atom is -0.496 e. The Morgan fingerprint density at radius 2 is 2.00 bits per heavy atom. The summed E-state index contributed by atoms with van der Waals surface area (Å²) >= 11 is 0. The van der Waals surface area contributed by atoms with Gasteiger partial charge in [-0.25, -0.2) is 8.42 Å². The first-order valence-corrected chi connectivity index (χ1v) is 9.13. The van der Waals surface area contributed by atoms with Gasteiger partial charge in [0, 0.05) is 42.3 Å². The maximum absolute atomic E-state index is 13.1. The zero-order valence-corrected chi connectivity index (χ0v) is 15.4. The summed E-state index contributed by atoms with van der Waals surface area (Å²) in [4.78, 5) is 4.59. The van der Waals surface area contributed by atoms with E-state index in [2.05, 4.69) is 10.3 Å². The molecule has 8 heteroatoms. The minimum absolute atomic E-state index is 0. The van der Waals surface area contributed by atoms with Crippen molar-refractivity contribution in [1.82, 2.24) is 14.6 Å². The van der Waals surface area contributed by atoms with E-state index < -0.39 is 10.0 Å². The fourth-order valence-corrected chi connectivity index (χ4v) is 4.67. The van der Waals surface area contributed by atoms with E-state index in [4.69, 9.17) is 4.74 Å². The first-order chi connectivity index (χ1) is 11.1. The summed E-state index contributed by atoms with van der Waals surface area (Å²) in [6.07, 6.45) is 2.45. The highest BCUT2D eigenvalue weighted by molar-refractivity contribution is 7.89. The van der Waals surface area contributed by atoms with Gasteiger partial charge >= 0.3 is 0 Å². The van der Waals surface area contributed by atoms with Gasteiger partial charge in [0.2, 0.25) is 10.0 Å². The molecule has 1 aromatic heterocycles. The normalized spacial score (nSPS) is 16.4. The molecule has 1 aliphatic rings. The first kappa shape index (κ1) is 18.9. The number of sulfonamides is 1. The predicted octanol–water partition coefficient (Wildman–Crippen LogP) is 1.96. The Labute approximate surface area is 148 Å². The number of fused-ring (bicyclic) bond motifs is 1. The van der Waals surface area contributed by atoms with Gasteiger partial charge in [0.25, 0.3) is 0 Å². The summed E-state index contributed by atoms with van der Waals surface area (Å²) in [6, 6.07) is 5.09. The van der Waals surface area contributed by atoms with Crippen LogP contribution in [0, 0.1) is 6.92 Å². The van der Waals surface area contributed by atoms with Crippen molar-refractivity contribution in [1.29, 1.82) is 0 Å². The van der Waals surface area contributed by atoms with Gasteiger partial charge in [-0.1, -0.05) is 0 Å². The number of aryl methyl sites for hydroxylation is 1. The molecule has 1 N–H and O–H groups in total. The Hall–Kier alpha value is -1.41. The van der Waals surface area contributed by atoms with Gasteiger partial charge in [-0.15, -0.1) is 12.4 Å². The lowest BCUT2D eigenvalue weighted by Crippen LogP contribution is -2.34. The van der Waals surface area contributed by atoms with Gasteiger partial charge in [0.1, 0.15) is 5.75 Å². The molecule has 0 amide bonds. The number of hydrogen-bond donors (Lipinski definition) is 1. The molecule has 1 fully saturated rings. The molecule has 24 heavy (non-hydrogen) atoms. The Bertz CT molecular complexity index is 819. The molecule has 0 spiro atoms. The van der Waals surface area contributed by atoms with E-state index in [-0.39, 0.29) is 12.4 Å². The predicted molar refractivity (Wildman–Crippen MR) is 96.5 cm³/mol. The van der Waals surface area contributed by atoms with Crippen molar-refractivity contribution in [2.24, 2.45) is 0 Å². The maximum Gasteiger partial charge on any atom is 0.243 e. The number of halogens is 1. The third-order valence-electron chi connectivity index (χ3n) is 4.18. The second kappa shape index (κ2) is 7.65. The van der Waals surface area contributed by atoms with Crippen LogP contribution < -0.4 is 10.1 Å². The van der Waals surface area contributed by atoms with Crippen molar-refractivity contribution in [3.8, 4) is 5.75 Å². The number of benzene rings is 1. The number of pyridine rings is 1. The van der Waals surface area contributed by atoms with Gasteiger partial charge < -0.3 is 10.1 Å². The van der Waals surface area contributed by atoms with Gasteiger partial charge in [-0.3, -0.25) is 4.98 Å². The maximum atomic E-state index is 13.1. The highest BCUT2D eigenvalue weighted by atomic mass is 35.5. The summed E-state index contributed by atoms with van der Waals surface area (Å²) in [5.74, 6) is 0.641. The fourth-order valence-electron chi connectivity index (χ4n) is 3.00. The Balaban J connectivity index is 0.00000208. The molecule has 0 unspecified atom stereocenters. The van der Waals surface area contributed by atoms with E-state index in [1.54, 1.807) is 35.8 Å². The second-order valence-electron chi connectivity index (χ2n) is 5.59. The van der Waals surface area contributed by atoms with Gasteiger partial charge in [0.15, 0.2) is 0 Å². The van der Waals surface area contributed by atoms with Crippen molar-refractivity contribution in [3.63, 3.8) is 0 Å². The third-order valence-corrected chi connectivity index (χ3v) is 6.13. The molecule has 0 saturated carbocycles. The number of aromatic nitrogens is 1. The van der Waals surface area contributed by atoms with Crippen molar-refractivity contribution >= 4 is 33.2 Å². The Morgan fingerprint density at radius 1 is 1.21 bits per heavy atom. The largest absolute Gasteiger partial charge is 0.496 e. The molecule has 1 saturated heterocycles. The zero-order valence-electron chi connectivity index (χ0n) is 13.8. The van der Waals surface area contributed by atoms with E-state index in [1.165, 1.54) is 0 Å². The zero-order chi connectivity index (χ0) is 16.4. The highest BCUT2D eigenvalue weighted by Gasteiger charge is 2.27.